The second kappa shape index (κ2) is 10.4. The predicted molar refractivity (Wildman–Crippen MR) is 88.7 cm³/mol. The number of hydrogen-bond acceptors (Lipinski definition) is 3. The number of nitrogens with one attached hydrogen (secondary N) is 3. The van der Waals surface area contributed by atoms with Crippen molar-refractivity contribution in [3.63, 3.8) is 0 Å². The molecule has 128 valence electrons. The van der Waals surface area contributed by atoms with E-state index in [2.05, 4.69) is 27.8 Å². The molecule has 0 aromatic heterocycles. The second-order valence-corrected chi connectivity index (χ2v) is 6.69. The lowest BCUT2D eigenvalue weighted by atomic mass is 9.99. The molecule has 0 aliphatic carbocycles. The minimum Gasteiger partial charge on any atom is -0.354 e. The summed E-state index contributed by atoms with van der Waals surface area (Å²) in [5.74, 6) is 1.11. The zero-order chi connectivity index (χ0) is 16.4. The van der Waals surface area contributed by atoms with Crippen LogP contribution in [-0.4, -0.2) is 56.1 Å². The highest BCUT2D eigenvalue weighted by Crippen LogP contribution is 2.15. The Morgan fingerprint density at radius 2 is 1.82 bits per heavy atom. The van der Waals surface area contributed by atoms with Crippen LogP contribution in [-0.2, 0) is 4.79 Å². The molecule has 0 spiro atoms. The highest BCUT2D eigenvalue weighted by molar-refractivity contribution is 5.83. The third kappa shape index (κ3) is 8.87. The van der Waals surface area contributed by atoms with Gasteiger partial charge in [-0.3, -0.25) is 4.79 Å². The van der Waals surface area contributed by atoms with Crippen LogP contribution in [0, 0.1) is 11.8 Å². The van der Waals surface area contributed by atoms with E-state index in [4.69, 9.17) is 0 Å². The van der Waals surface area contributed by atoms with Crippen molar-refractivity contribution in [1.29, 1.82) is 0 Å². The lowest BCUT2D eigenvalue weighted by molar-refractivity contribution is -0.120. The van der Waals surface area contributed by atoms with Crippen LogP contribution < -0.4 is 16.0 Å². The number of hydrogen-bond donors (Lipinski definition) is 3. The van der Waals surface area contributed by atoms with Crippen LogP contribution in [0.4, 0.5) is 4.79 Å². The Bertz CT molecular complexity index is 339. The molecule has 1 heterocycles. The van der Waals surface area contributed by atoms with Gasteiger partial charge >= 0.3 is 6.03 Å². The van der Waals surface area contributed by atoms with E-state index in [9.17, 15) is 9.59 Å². The fourth-order valence-electron chi connectivity index (χ4n) is 2.39. The Hall–Kier alpha value is -1.30. The predicted octanol–water partition coefficient (Wildman–Crippen LogP) is 1.18. The van der Waals surface area contributed by atoms with E-state index in [1.165, 1.54) is 25.9 Å². The van der Waals surface area contributed by atoms with Gasteiger partial charge in [0.2, 0.25) is 5.91 Å². The summed E-state index contributed by atoms with van der Waals surface area (Å²) in [7, 11) is 0. The van der Waals surface area contributed by atoms with Gasteiger partial charge in [0.1, 0.15) is 0 Å². The lowest BCUT2D eigenvalue weighted by Crippen LogP contribution is -2.43. The number of urea groups is 1. The first kappa shape index (κ1) is 18.7. The van der Waals surface area contributed by atoms with Gasteiger partial charge in [0.05, 0.1) is 6.54 Å². The van der Waals surface area contributed by atoms with Gasteiger partial charge in [0, 0.05) is 13.1 Å². The van der Waals surface area contributed by atoms with Crippen LogP contribution >= 0.6 is 0 Å². The standard InChI is InChI=1S/C16H32N4O2/c1-13(2)11-18-15(21)12-19-16(22)17-7-4-8-20-9-5-14(3)6-10-20/h13-14H,4-12H2,1-3H3,(H,18,21)(H2,17,19,22). The maximum Gasteiger partial charge on any atom is 0.315 e. The fraction of sp³-hybridized carbons (Fsp3) is 0.875. The van der Waals surface area contributed by atoms with Crippen molar-refractivity contribution in [3.05, 3.63) is 0 Å². The van der Waals surface area contributed by atoms with Gasteiger partial charge in [-0.05, 0) is 50.7 Å². The molecule has 1 rings (SSSR count). The molecular weight excluding hydrogens is 280 g/mol. The van der Waals surface area contributed by atoms with Crippen LogP contribution in [0.15, 0.2) is 0 Å². The zero-order valence-electron chi connectivity index (χ0n) is 14.3. The molecular formula is C16H32N4O2. The normalized spacial score (nSPS) is 16.5. The second-order valence-electron chi connectivity index (χ2n) is 6.69. The van der Waals surface area contributed by atoms with Crippen molar-refractivity contribution in [2.75, 3.05) is 39.3 Å². The Balaban J connectivity index is 1.98. The number of nitrogens with zero attached hydrogens (tertiary/aromatic N) is 1. The third-order valence-corrected chi connectivity index (χ3v) is 3.93. The Labute approximate surface area is 134 Å². The van der Waals surface area contributed by atoms with Gasteiger partial charge < -0.3 is 20.9 Å². The summed E-state index contributed by atoms with van der Waals surface area (Å²) in [5, 5.41) is 8.13. The molecule has 1 saturated heterocycles. The SMILES string of the molecule is CC(C)CNC(=O)CNC(=O)NCCCN1CCC(C)CC1. The number of rotatable bonds is 8. The lowest BCUT2D eigenvalue weighted by Gasteiger charge is -2.30. The largest absolute Gasteiger partial charge is 0.354 e. The van der Waals surface area contributed by atoms with Crippen LogP contribution in [0.25, 0.3) is 0 Å². The Morgan fingerprint density at radius 1 is 1.14 bits per heavy atom. The van der Waals surface area contributed by atoms with Crippen molar-refractivity contribution in [2.45, 2.75) is 40.0 Å². The quantitative estimate of drug-likeness (QED) is 0.589. The van der Waals surface area contributed by atoms with Gasteiger partial charge in [-0.2, -0.15) is 0 Å². The van der Waals surface area contributed by atoms with Crippen LogP contribution in [0.3, 0.4) is 0 Å². The van der Waals surface area contributed by atoms with E-state index in [-0.39, 0.29) is 18.5 Å². The van der Waals surface area contributed by atoms with Crippen molar-refractivity contribution < 1.29 is 9.59 Å². The summed E-state index contributed by atoms with van der Waals surface area (Å²) in [6, 6.07) is -0.271. The topological polar surface area (TPSA) is 73.5 Å². The minimum atomic E-state index is -0.271. The Morgan fingerprint density at radius 3 is 2.45 bits per heavy atom. The van der Waals surface area contributed by atoms with E-state index in [0.717, 1.165) is 18.9 Å². The minimum absolute atomic E-state index is 0.0303. The molecule has 0 unspecified atom stereocenters. The first-order chi connectivity index (χ1) is 10.5. The van der Waals surface area contributed by atoms with E-state index < -0.39 is 0 Å². The molecule has 6 heteroatoms. The van der Waals surface area contributed by atoms with Crippen molar-refractivity contribution >= 4 is 11.9 Å². The molecule has 1 aliphatic rings. The first-order valence-corrected chi connectivity index (χ1v) is 8.48. The van der Waals surface area contributed by atoms with E-state index in [0.29, 0.717) is 19.0 Å². The number of amides is 3. The number of likely N-dealkylation sites (tertiary alicyclic amines) is 1. The maximum atomic E-state index is 11.6. The number of carbonyl (C=O) groups excluding carboxylic acids is 2. The van der Waals surface area contributed by atoms with Crippen molar-refractivity contribution in [3.8, 4) is 0 Å². The molecule has 3 amide bonds. The van der Waals surface area contributed by atoms with Gasteiger partial charge in [-0.1, -0.05) is 20.8 Å². The molecule has 0 aromatic rings. The van der Waals surface area contributed by atoms with E-state index in [1.54, 1.807) is 0 Å². The van der Waals surface area contributed by atoms with Gasteiger partial charge in [-0.15, -0.1) is 0 Å². The summed E-state index contributed by atoms with van der Waals surface area (Å²) >= 11 is 0. The van der Waals surface area contributed by atoms with Crippen molar-refractivity contribution in [2.24, 2.45) is 11.8 Å². The monoisotopic (exact) mass is 312 g/mol. The molecule has 1 fully saturated rings. The van der Waals surface area contributed by atoms with Gasteiger partial charge in [-0.25, -0.2) is 4.79 Å². The summed E-state index contributed by atoms with van der Waals surface area (Å²) in [6.07, 6.45) is 3.50. The molecule has 6 nitrogen and oxygen atoms in total. The maximum absolute atomic E-state index is 11.6. The summed E-state index contributed by atoms with van der Waals surface area (Å²) in [5.41, 5.74) is 0. The first-order valence-electron chi connectivity index (χ1n) is 8.48. The fourth-order valence-corrected chi connectivity index (χ4v) is 2.39. The van der Waals surface area contributed by atoms with Crippen LogP contribution in [0.5, 0.6) is 0 Å². The average Bonchev–Trinajstić information content (AvgIpc) is 2.49. The highest BCUT2D eigenvalue weighted by Gasteiger charge is 2.14. The van der Waals surface area contributed by atoms with E-state index >= 15 is 0 Å². The van der Waals surface area contributed by atoms with Crippen LogP contribution in [0.2, 0.25) is 0 Å². The molecule has 0 saturated carbocycles. The average molecular weight is 312 g/mol. The molecule has 22 heavy (non-hydrogen) atoms. The van der Waals surface area contributed by atoms with E-state index in [1.807, 2.05) is 13.8 Å². The molecule has 0 radical (unpaired) electrons. The molecule has 1 aliphatic heterocycles. The molecule has 0 aromatic carbocycles. The highest BCUT2D eigenvalue weighted by atomic mass is 16.2. The smallest absolute Gasteiger partial charge is 0.315 e. The molecule has 0 atom stereocenters. The summed E-state index contributed by atoms with van der Waals surface area (Å²) in [4.78, 5) is 25.5. The molecule has 0 bridgehead atoms. The third-order valence-electron chi connectivity index (χ3n) is 3.93. The summed E-state index contributed by atoms with van der Waals surface area (Å²) in [6.45, 7) is 11.0. The number of piperidine rings is 1. The number of carbonyl (C=O) groups is 2. The van der Waals surface area contributed by atoms with Gasteiger partial charge in [0.25, 0.3) is 0 Å². The van der Waals surface area contributed by atoms with Crippen LogP contribution in [0.1, 0.15) is 40.0 Å². The molecule has 3 N–H and O–H groups in total. The zero-order valence-corrected chi connectivity index (χ0v) is 14.3. The summed E-state index contributed by atoms with van der Waals surface area (Å²) < 4.78 is 0. The van der Waals surface area contributed by atoms with Gasteiger partial charge in [0.15, 0.2) is 0 Å². The van der Waals surface area contributed by atoms with Crippen molar-refractivity contribution in [1.82, 2.24) is 20.9 Å². The Kier molecular flexibility index (Phi) is 8.89.